The lowest BCUT2D eigenvalue weighted by molar-refractivity contribution is 0.0721. The lowest BCUT2D eigenvalue weighted by Crippen LogP contribution is -2.37. The fourth-order valence-corrected chi connectivity index (χ4v) is 4.02. The van der Waals surface area contributed by atoms with Crippen LogP contribution in [0.3, 0.4) is 0 Å². The topological polar surface area (TPSA) is 69.3 Å². The predicted octanol–water partition coefficient (Wildman–Crippen LogP) is 2.92. The Kier molecular flexibility index (Phi) is 4.46. The van der Waals surface area contributed by atoms with Crippen LogP contribution in [0.15, 0.2) is 35.7 Å². The van der Waals surface area contributed by atoms with Crippen LogP contribution < -0.4 is 0 Å². The van der Waals surface area contributed by atoms with E-state index in [0.29, 0.717) is 31.7 Å². The van der Waals surface area contributed by atoms with Crippen LogP contribution in [0.5, 0.6) is 0 Å². The number of H-pyrrole nitrogens is 1. The molecule has 1 fully saturated rings. The number of aryl methyl sites for hydroxylation is 1. The quantitative estimate of drug-likeness (QED) is 0.756. The van der Waals surface area contributed by atoms with E-state index in [1.54, 1.807) is 0 Å². The number of amides is 2. The number of aromatic nitrogens is 2. The Balaban J connectivity index is 1.47. The molecule has 26 heavy (non-hydrogen) atoms. The summed E-state index contributed by atoms with van der Waals surface area (Å²) >= 11 is 1.46. The summed E-state index contributed by atoms with van der Waals surface area (Å²) in [7, 11) is 0. The minimum atomic E-state index is 0.00424. The Labute approximate surface area is 155 Å². The van der Waals surface area contributed by atoms with Crippen LogP contribution in [-0.2, 0) is 0 Å². The molecule has 0 unspecified atom stereocenters. The van der Waals surface area contributed by atoms with Gasteiger partial charge in [0.1, 0.15) is 5.82 Å². The number of aromatic amines is 1. The highest BCUT2D eigenvalue weighted by molar-refractivity contribution is 7.12. The number of thiophene rings is 1. The first-order valence-electron chi connectivity index (χ1n) is 8.70. The Morgan fingerprint density at radius 2 is 1.85 bits per heavy atom. The van der Waals surface area contributed by atoms with Crippen molar-refractivity contribution in [2.24, 2.45) is 0 Å². The summed E-state index contributed by atoms with van der Waals surface area (Å²) in [5, 5.41) is 1.91. The zero-order valence-electron chi connectivity index (χ0n) is 14.6. The summed E-state index contributed by atoms with van der Waals surface area (Å²) in [6.07, 6.45) is 0.786. The molecule has 134 valence electrons. The maximum Gasteiger partial charge on any atom is 0.263 e. The van der Waals surface area contributed by atoms with Gasteiger partial charge in [0.25, 0.3) is 11.8 Å². The highest BCUT2D eigenvalue weighted by Crippen LogP contribution is 2.18. The molecular weight excluding hydrogens is 348 g/mol. The third-order valence-corrected chi connectivity index (χ3v) is 5.51. The molecule has 1 aromatic carbocycles. The van der Waals surface area contributed by atoms with Crippen LogP contribution in [0.4, 0.5) is 0 Å². The molecule has 3 aromatic rings. The van der Waals surface area contributed by atoms with Crippen molar-refractivity contribution in [3.63, 3.8) is 0 Å². The minimum Gasteiger partial charge on any atom is -0.342 e. The van der Waals surface area contributed by atoms with Crippen molar-refractivity contribution in [3.05, 3.63) is 52.0 Å². The van der Waals surface area contributed by atoms with E-state index >= 15 is 0 Å². The molecule has 1 N–H and O–H groups in total. The molecule has 1 saturated heterocycles. The molecule has 1 aliphatic rings. The number of hydrogen-bond acceptors (Lipinski definition) is 4. The Hall–Kier alpha value is -2.67. The summed E-state index contributed by atoms with van der Waals surface area (Å²) in [4.78, 5) is 37.4. The monoisotopic (exact) mass is 368 g/mol. The minimum absolute atomic E-state index is 0.00424. The van der Waals surface area contributed by atoms with Gasteiger partial charge in [-0.2, -0.15) is 0 Å². The Bertz CT molecular complexity index is 948. The van der Waals surface area contributed by atoms with Crippen molar-refractivity contribution >= 4 is 34.2 Å². The molecule has 0 bridgehead atoms. The van der Waals surface area contributed by atoms with Gasteiger partial charge >= 0.3 is 0 Å². The van der Waals surface area contributed by atoms with Gasteiger partial charge in [0.05, 0.1) is 15.9 Å². The standard InChI is InChI=1S/C19H20N4O2S/c1-13-20-15-6-5-14(12-16(15)21-13)18(24)22-7-3-8-23(10-9-22)19(25)17-4-2-11-26-17/h2,4-6,11-12H,3,7-10H2,1H3,(H,20,21). The van der Waals surface area contributed by atoms with Crippen LogP contribution >= 0.6 is 11.3 Å². The van der Waals surface area contributed by atoms with Gasteiger partial charge in [-0.05, 0) is 43.0 Å². The van der Waals surface area contributed by atoms with Gasteiger partial charge in [0.15, 0.2) is 0 Å². The van der Waals surface area contributed by atoms with Gasteiger partial charge in [-0.15, -0.1) is 11.3 Å². The number of fused-ring (bicyclic) bond motifs is 1. The van der Waals surface area contributed by atoms with Crippen molar-refractivity contribution in [2.45, 2.75) is 13.3 Å². The molecule has 0 aliphatic carbocycles. The zero-order valence-corrected chi connectivity index (χ0v) is 15.4. The van der Waals surface area contributed by atoms with E-state index in [4.69, 9.17) is 0 Å². The van der Waals surface area contributed by atoms with E-state index in [0.717, 1.165) is 28.2 Å². The number of nitrogens with one attached hydrogen (secondary N) is 1. The van der Waals surface area contributed by atoms with Crippen molar-refractivity contribution in [1.29, 1.82) is 0 Å². The number of hydrogen-bond donors (Lipinski definition) is 1. The number of imidazole rings is 1. The maximum absolute atomic E-state index is 12.9. The number of benzene rings is 1. The second-order valence-electron chi connectivity index (χ2n) is 6.47. The molecule has 2 amide bonds. The predicted molar refractivity (Wildman–Crippen MR) is 102 cm³/mol. The van der Waals surface area contributed by atoms with Crippen LogP contribution in [0.1, 0.15) is 32.3 Å². The first-order chi connectivity index (χ1) is 12.6. The third-order valence-electron chi connectivity index (χ3n) is 4.65. The van der Waals surface area contributed by atoms with Crippen LogP contribution in [-0.4, -0.2) is 57.8 Å². The van der Waals surface area contributed by atoms with Gasteiger partial charge in [-0.1, -0.05) is 6.07 Å². The fourth-order valence-electron chi connectivity index (χ4n) is 3.33. The molecule has 0 radical (unpaired) electrons. The van der Waals surface area contributed by atoms with Crippen LogP contribution in [0.2, 0.25) is 0 Å². The molecule has 7 heteroatoms. The van der Waals surface area contributed by atoms with E-state index < -0.39 is 0 Å². The molecule has 4 rings (SSSR count). The smallest absolute Gasteiger partial charge is 0.263 e. The second kappa shape index (κ2) is 6.92. The average Bonchev–Trinajstić information content (AvgIpc) is 3.23. The average molecular weight is 368 g/mol. The summed E-state index contributed by atoms with van der Waals surface area (Å²) in [5.41, 5.74) is 2.39. The molecule has 0 spiro atoms. The maximum atomic E-state index is 12.9. The van der Waals surface area contributed by atoms with Crippen molar-refractivity contribution in [1.82, 2.24) is 19.8 Å². The molecule has 6 nitrogen and oxygen atoms in total. The molecule has 3 heterocycles. The largest absolute Gasteiger partial charge is 0.342 e. The van der Waals surface area contributed by atoms with Crippen molar-refractivity contribution < 1.29 is 9.59 Å². The van der Waals surface area contributed by atoms with Crippen LogP contribution in [0, 0.1) is 6.92 Å². The van der Waals surface area contributed by atoms with Gasteiger partial charge in [0.2, 0.25) is 0 Å². The van der Waals surface area contributed by atoms with Gasteiger partial charge < -0.3 is 14.8 Å². The lowest BCUT2D eigenvalue weighted by atomic mass is 10.1. The van der Waals surface area contributed by atoms with E-state index in [1.807, 2.05) is 52.4 Å². The molecule has 2 aromatic heterocycles. The molecule has 1 aliphatic heterocycles. The fraction of sp³-hybridized carbons (Fsp3) is 0.316. The number of carbonyl (C=O) groups is 2. The highest BCUT2D eigenvalue weighted by atomic mass is 32.1. The number of nitrogens with zero attached hydrogens (tertiary/aromatic N) is 3. The SMILES string of the molecule is Cc1nc2ccc(C(=O)N3CCCN(C(=O)c4cccs4)CC3)cc2[nH]1. The number of rotatable bonds is 2. The molecule has 0 saturated carbocycles. The van der Waals surface area contributed by atoms with Gasteiger partial charge in [-0.3, -0.25) is 9.59 Å². The Morgan fingerprint density at radius 1 is 1.08 bits per heavy atom. The Morgan fingerprint density at radius 3 is 2.58 bits per heavy atom. The number of carbonyl (C=O) groups excluding carboxylic acids is 2. The van der Waals surface area contributed by atoms with Gasteiger partial charge in [0, 0.05) is 31.7 Å². The second-order valence-corrected chi connectivity index (χ2v) is 7.42. The lowest BCUT2D eigenvalue weighted by Gasteiger charge is -2.22. The van der Waals surface area contributed by atoms with Crippen molar-refractivity contribution in [2.75, 3.05) is 26.2 Å². The van der Waals surface area contributed by atoms with E-state index in [9.17, 15) is 9.59 Å². The summed E-state index contributed by atoms with van der Waals surface area (Å²) < 4.78 is 0. The first-order valence-corrected chi connectivity index (χ1v) is 9.58. The molecular formula is C19H20N4O2S. The van der Waals surface area contributed by atoms with Gasteiger partial charge in [-0.25, -0.2) is 4.98 Å². The van der Waals surface area contributed by atoms with Crippen LogP contribution in [0.25, 0.3) is 11.0 Å². The normalized spacial score (nSPS) is 15.3. The van der Waals surface area contributed by atoms with E-state index in [2.05, 4.69) is 9.97 Å². The summed E-state index contributed by atoms with van der Waals surface area (Å²) in [6, 6.07) is 9.29. The van der Waals surface area contributed by atoms with E-state index in [-0.39, 0.29) is 11.8 Å². The first kappa shape index (κ1) is 16.8. The van der Waals surface area contributed by atoms with Crippen molar-refractivity contribution in [3.8, 4) is 0 Å². The summed E-state index contributed by atoms with van der Waals surface area (Å²) in [6.45, 7) is 4.35. The third kappa shape index (κ3) is 3.22. The van der Waals surface area contributed by atoms with E-state index in [1.165, 1.54) is 11.3 Å². The molecule has 0 atom stereocenters. The summed E-state index contributed by atoms with van der Waals surface area (Å²) in [5.74, 6) is 0.898. The zero-order chi connectivity index (χ0) is 18.1. The highest BCUT2D eigenvalue weighted by Gasteiger charge is 2.24.